The number of rotatable bonds is 4. The molecule has 2 atom stereocenters. The lowest BCUT2D eigenvalue weighted by molar-refractivity contribution is 0.0673. The molecule has 0 saturated heterocycles. The Kier molecular flexibility index (Phi) is 5.45. The van der Waals surface area contributed by atoms with E-state index in [2.05, 4.69) is 56.6 Å². The molecule has 1 rings (SSSR count). The van der Waals surface area contributed by atoms with Gasteiger partial charge in [-0.3, -0.25) is 0 Å². The molecule has 0 spiro atoms. The van der Waals surface area contributed by atoms with Gasteiger partial charge in [0.1, 0.15) is 11.9 Å². The second-order valence-corrected chi connectivity index (χ2v) is 7.52. The van der Waals surface area contributed by atoms with E-state index in [0.29, 0.717) is 5.92 Å². The second-order valence-electron chi connectivity index (χ2n) is 6.60. The van der Waals surface area contributed by atoms with Crippen LogP contribution in [0.15, 0.2) is 22.7 Å². The molecule has 0 saturated carbocycles. The molecule has 0 radical (unpaired) electrons. The molecule has 0 aliphatic heterocycles. The van der Waals surface area contributed by atoms with Crippen LogP contribution in [-0.4, -0.2) is 12.1 Å². The first-order valence-corrected chi connectivity index (χ1v) is 7.64. The van der Waals surface area contributed by atoms with Crippen LogP contribution in [0.5, 0.6) is 5.75 Å². The highest BCUT2D eigenvalue weighted by atomic mass is 79.9. The summed E-state index contributed by atoms with van der Waals surface area (Å²) in [5.41, 5.74) is 7.31. The standard InChI is InChI=1S/C16H26BrNO/c1-10(2)13-9-12(17)7-8-14(13)19-15(11(3)18)16(4,5)6/h7-11,15H,18H2,1-6H3. The number of ether oxygens (including phenoxy) is 1. The van der Waals surface area contributed by atoms with Crippen molar-refractivity contribution in [2.45, 2.75) is 59.6 Å². The fraction of sp³-hybridized carbons (Fsp3) is 0.625. The molecule has 1 aromatic rings. The first kappa shape index (κ1) is 16.5. The van der Waals surface area contributed by atoms with Gasteiger partial charge in [-0.1, -0.05) is 50.5 Å². The Morgan fingerprint density at radius 1 is 1.16 bits per heavy atom. The van der Waals surface area contributed by atoms with Crippen LogP contribution in [0.25, 0.3) is 0 Å². The maximum Gasteiger partial charge on any atom is 0.123 e. The fourth-order valence-electron chi connectivity index (χ4n) is 2.29. The Labute approximate surface area is 125 Å². The van der Waals surface area contributed by atoms with E-state index in [-0.39, 0.29) is 17.6 Å². The molecular weight excluding hydrogens is 302 g/mol. The van der Waals surface area contributed by atoms with Crippen LogP contribution in [0.3, 0.4) is 0 Å². The van der Waals surface area contributed by atoms with Crippen molar-refractivity contribution in [2.75, 3.05) is 0 Å². The summed E-state index contributed by atoms with van der Waals surface area (Å²) in [6, 6.07) is 6.16. The number of benzene rings is 1. The molecule has 2 unspecified atom stereocenters. The van der Waals surface area contributed by atoms with Crippen molar-refractivity contribution in [2.24, 2.45) is 11.1 Å². The van der Waals surface area contributed by atoms with Crippen molar-refractivity contribution >= 4 is 15.9 Å². The van der Waals surface area contributed by atoms with Gasteiger partial charge in [0.05, 0.1) is 0 Å². The number of nitrogens with two attached hydrogens (primary N) is 1. The van der Waals surface area contributed by atoms with E-state index in [9.17, 15) is 0 Å². The third-order valence-corrected chi connectivity index (χ3v) is 3.67. The first-order chi connectivity index (χ1) is 8.62. The molecule has 19 heavy (non-hydrogen) atoms. The van der Waals surface area contributed by atoms with E-state index < -0.39 is 0 Å². The summed E-state index contributed by atoms with van der Waals surface area (Å²) in [5, 5.41) is 0. The largest absolute Gasteiger partial charge is 0.488 e. The van der Waals surface area contributed by atoms with Gasteiger partial charge in [-0.25, -0.2) is 0 Å². The van der Waals surface area contributed by atoms with Gasteiger partial charge in [0.2, 0.25) is 0 Å². The Balaban J connectivity index is 3.10. The lowest BCUT2D eigenvalue weighted by atomic mass is 9.85. The molecule has 108 valence electrons. The maximum absolute atomic E-state index is 6.24. The molecule has 1 aromatic carbocycles. The smallest absolute Gasteiger partial charge is 0.123 e. The highest BCUT2D eigenvalue weighted by molar-refractivity contribution is 9.10. The molecule has 0 aliphatic carbocycles. The molecule has 0 heterocycles. The van der Waals surface area contributed by atoms with Crippen molar-refractivity contribution < 1.29 is 4.74 Å². The van der Waals surface area contributed by atoms with E-state index in [0.717, 1.165) is 10.2 Å². The normalized spacial score (nSPS) is 15.4. The van der Waals surface area contributed by atoms with Crippen LogP contribution >= 0.6 is 15.9 Å². The first-order valence-electron chi connectivity index (χ1n) is 6.84. The molecular formula is C16H26BrNO. The number of halogens is 1. The van der Waals surface area contributed by atoms with Gasteiger partial charge >= 0.3 is 0 Å². The highest BCUT2D eigenvalue weighted by Crippen LogP contribution is 2.33. The van der Waals surface area contributed by atoms with Crippen LogP contribution in [0.1, 0.15) is 53.0 Å². The molecule has 0 aliphatic rings. The quantitative estimate of drug-likeness (QED) is 0.868. The zero-order chi connectivity index (χ0) is 14.8. The van der Waals surface area contributed by atoms with E-state index in [4.69, 9.17) is 10.5 Å². The average molecular weight is 328 g/mol. The van der Waals surface area contributed by atoms with Crippen molar-refractivity contribution in [1.29, 1.82) is 0 Å². The SMILES string of the molecule is CC(C)c1cc(Br)ccc1OC(C(C)N)C(C)(C)C. The fourth-order valence-corrected chi connectivity index (χ4v) is 2.67. The predicted molar refractivity (Wildman–Crippen MR) is 85.8 cm³/mol. The number of hydrogen-bond acceptors (Lipinski definition) is 2. The molecule has 0 amide bonds. The zero-order valence-corrected chi connectivity index (χ0v) is 14.4. The summed E-state index contributed by atoms with van der Waals surface area (Å²) in [4.78, 5) is 0. The molecule has 2 N–H and O–H groups in total. The summed E-state index contributed by atoms with van der Waals surface area (Å²) < 4.78 is 7.32. The molecule has 0 aromatic heterocycles. The van der Waals surface area contributed by atoms with E-state index in [1.54, 1.807) is 0 Å². The molecule has 0 fully saturated rings. The van der Waals surface area contributed by atoms with Crippen LogP contribution in [0.4, 0.5) is 0 Å². The van der Waals surface area contributed by atoms with Crippen molar-refractivity contribution in [1.82, 2.24) is 0 Å². The van der Waals surface area contributed by atoms with Crippen molar-refractivity contribution in [3.05, 3.63) is 28.2 Å². The van der Waals surface area contributed by atoms with Crippen LogP contribution in [0.2, 0.25) is 0 Å². The minimum atomic E-state index is -0.0105. The summed E-state index contributed by atoms with van der Waals surface area (Å²) >= 11 is 3.52. The third kappa shape index (κ3) is 4.50. The Hall–Kier alpha value is -0.540. The van der Waals surface area contributed by atoms with Crippen molar-refractivity contribution in [3.63, 3.8) is 0 Å². The summed E-state index contributed by atoms with van der Waals surface area (Å²) in [6.45, 7) is 12.8. The lowest BCUT2D eigenvalue weighted by Crippen LogP contribution is -2.45. The summed E-state index contributed by atoms with van der Waals surface area (Å²) in [5.74, 6) is 1.36. The van der Waals surface area contributed by atoms with E-state index in [1.807, 2.05) is 19.1 Å². The van der Waals surface area contributed by atoms with Crippen molar-refractivity contribution in [3.8, 4) is 5.75 Å². The maximum atomic E-state index is 6.24. The topological polar surface area (TPSA) is 35.2 Å². The second kappa shape index (κ2) is 6.27. The van der Waals surface area contributed by atoms with Gasteiger partial charge in [-0.2, -0.15) is 0 Å². The number of hydrogen-bond donors (Lipinski definition) is 1. The van der Waals surface area contributed by atoms with E-state index >= 15 is 0 Å². The Morgan fingerprint density at radius 3 is 2.16 bits per heavy atom. The van der Waals surface area contributed by atoms with Gasteiger partial charge in [-0.05, 0) is 36.6 Å². The zero-order valence-electron chi connectivity index (χ0n) is 12.8. The summed E-state index contributed by atoms with van der Waals surface area (Å²) in [6.07, 6.45) is -0.00817. The summed E-state index contributed by atoms with van der Waals surface area (Å²) in [7, 11) is 0. The van der Waals surface area contributed by atoms with Crippen LogP contribution in [0, 0.1) is 5.41 Å². The minimum Gasteiger partial charge on any atom is -0.488 e. The van der Waals surface area contributed by atoms with Gasteiger partial charge in [0, 0.05) is 15.9 Å². The Morgan fingerprint density at radius 2 is 1.74 bits per heavy atom. The highest BCUT2D eigenvalue weighted by Gasteiger charge is 2.30. The molecule has 3 heteroatoms. The van der Waals surface area contributed by atoms with Gasteiger partial charge in [0.15, 0.2) is 0 Å². The van der Waals surface area contributed by atoms with Crippen LogP contribution < -0.4 is 10.5 Å². The van der Waals surface area contributed by atoms with Crippen LogP contribution in [-0.2, 0) is 0 Å². The van der Waals surface area contributed by atoms with Gasteiger partial charge in [-0.15, -0.1) is 0 Å². The van der Waals surface area contributed by atoms with E-state index in [1.165, 1.54) is 5.56 Å². The monoisotopic (exact) mass is 327 g/mol. The lowest BCUT2D eigenvalue weighted by Gasteiger charge is -2.35. The third-order valence-electron chi connectivity index (χ3n) is 3.18. The molecule has 2 nitrogen and oxygen atoms in total. The Bertz CT molecular complexity index is 421. The molecule has 0 bridgehead atoms. The predicted octanol–water partition coefficient (Wildman–Crippen LogP) is 4.71. The van der Waals surface area contributed by atoms with Gasteiger partial charge < -0.3 is 10.5 Å². The van der Waals surface area contributed by atoms with Gasteiger partial charge in [0.25, 0.3) is 0 Å². The minimum absolute atomic E-state index is 0.00817. The average Bonchev–Trinajstić information content (AvgIpc) is 2.24.